The molecule has 4 nitrogen and oxygen atoms in total. The van der Waals surface area contributed by atoms with Gasteiger partial charge in [-0.2, -0.15) is 13.2 Å². The molecule has 0 unspecified atom stereocenters. The van der Waals surface area contributed by atoms with Crippen LogP contribution in [0.25, 0.3) is 0 Å². The van der Waals surface area contributed by atoms with Crippen LogP contribution in [0.3, 0.4) is 0 Å². The molecule has 9 heteroatoms. The lowest BCUT2D eigenvalue weighted by molar-refractivity contribution is -0.389. The van der Waals surface area contributed by atoms with Crippen LogP contribution in [0.5, 0.6) is 5.75 Å². The van der Waals surface area contributed by atoms with Crippen LogP contribution in [0.15, 0.2) is 10.5 Å². The van der Waals surface area contributed by atoms with Gasteiger partial charge in [0.15, 0.2) is 5.56 Å². The van der Waals surface area contributed by atoms with Crippen LogP contribution in [0, 0.1) is 15.9 Å². The topological polar surface area (TPSA) is 63.4 Å². The molecule has 0 saturated carbocycles. The van der Waals surface area contributed by atoms with Gasteiger partial charge in [0.1, 0.15) is 5.82 Å². The van der Waals surface area contributed by atoms with Gasteiger partial charge in [-0.25, -0.2) is 4.39 Å². The molecule has 0 aliphatic rings. The molecule has 16 heavy (non-hydrogen) atoms. The van der Waals surface area contributed by atoms with E-state index in [1.54, 1.807) is 0 Å². The fourth-order valence-electron chi connectivity index (χ4n) is 1.04. The Hall–Kier alpha value is -1.38. The van der Waals surface area contributed by atoms with Gasteiger partial charge in [-0.15, -0.1) is 0 Å². The maximum atomic E-state index is 13.0. The van der Waals surface area contributed by atoms with Gasteiger partial charge in [0.2, 0.25) is 5.75 Å². The molecule has 1 aromatic rings. The van der Waals surface area contributed by atoms with E-state index in [0.29, 0.717) is 6.07 Å². The van der Waals surface area contributed by atoms with Crippen LogP contribution in [0.1, 0.15) is 5.56 Å². The highest BCUT2D eigenvalue weighted by Gasteiger charge is 2.44. The second-order valence-electron chi connectivity index (χ2n) is 2.67. The van der Waals surface area contributed by atoms with Crippen molar-refractivity contribution in [3.8, 4) is 5.75 Å². The number of alkyl halides is 3. The van der Waals surface area contributed by atoms with Crippen molar-refractivity contribution in [1.82, 2.24) is 0 Å². The number of nitro groups is 1. The summed E-state index contributed by atoms with van der Waals surface area (Å²) in [6.07, 6.45) is -5.26. The number of halogens is 5. The fourth-order valence-corrected chi connectivity index (χ4v) is 1.43. The lowest BCUT2D eigenvalue weighted by Crippen LogP contribution is -2.12. The summed E-state index contributed by atoms with van der Waals surface area (Å²) in [5.41, 5.74) is -3.81. The summed E-state index contributed by atoms with van der Waals surface area (Å²) < 4.78 is 49.4. The molecule has 0 saturated heterocycles. The van der Waals surface area contributed by atoms with E-state index in [4.69, 9.17) is 5.11 Å². The van der Waals surface area contributed by atoms with Gasteiger partial charge in [0.25, 0.3) is 0 Å². The van der Waals surface area contributed by atoms with Crippen molar-refractivity contribution in [2.75, 3.05) is 0 Å². The molecule has 0 aliphatic heterocycles. The molecular formula is C7H2BrF4NO3. The summed E-state index contributed by atoms with van der Waals surface area (Å²) in [6.45, 7) is 0. The molecule has 0 aliphatic carbocycles. The Morgan fingerprint density at radius 1 is 1.44 bits per heavy atom. The standard InChI is InChI=1S/C7H2BrF4NO3/c8-2-1-3(9)4(7(10,11)12)5(6(2)14)13(15)16/h1,14H. The zero-order chi connectivity index (χ0) is 12.7. The van der Waals surface area contributed by atoms with Crippen molar-refractivity contribution in [2.45, 2.75) is 6.18 Å². The lowest BCUT2D eigenvalue weighted by atomic mass is 10.1. The quantitative estimate of drug-likeness (QED) is 0.492. The van der Waals surface area contributed by atoms with Crippen molar-refractivity contribution < 1.29 is 27.6 Å². The first-order valence-corrected chi connectivity index (χ1v) is 4.38. The van der Waals surface area contributed by atoms with Gasteiger partial charge < -0.3 is 5.11 Å². The molecule has 0 aromatic heterocycles. The van der Waals surface area contributed by atoms with Crippen LogP contribution in [0.4, 0.5) is 23.2 Å². The van der Waals surface area contributed by atoms with E-state index in [9.17, 15) is 27.7 Å². The van der Waals surface area contributed by atoms with Gasteiger partial charge in [0.05, 0.1) is 9.40 Å². The van der Waals surface area contributed by atoms with Crippen LogP contribution >= 0.6 is 15.9 Å². The Labute approximate surface area is 93.8 Å². The predicted octanol–water partition coefficient (Wildman–Crippen LogP) is 3.22. The summed E-state index contributed by atoms with van der Waals surface area (Å²) in [5, 5.41) is 19.4. The van der Waals surface area contributed by atoms with Crippen LogP contribution in [-0.4, -0.2) is 10.0 Å². The minimum absolute atomic E-state index is 0.311. The third kappa shape index (κ3) is 2.08. The molecule has 0 fully saturated rings. The summed E-state index contributed by atoms with van der Waals surface area (Å²) in [6, 6.07) is 0.311. The van der Waals surface area contributed by atoms with Crippen molar-refractivity contribution in [3.05, 3.63) is 32.0 Å². The molecule has 0 heterocycles. The summed E-state index contributed by atoms with van der Waals surface area (Å²) >= 11 is 2.50. The molecule has 1 aromatic carbocycles. The van der Waals surface area contributed by atoms with E-state index in [-0.39, 0.29) is 0 Å². The van der Waals surface area contributed by atoms with E-state index in [0.717, 1.165) is 0 Å². The third-order valence-corrected chi connectivity index (χ3v) is 2.25. The minimum Gasteiger partial charge on any atom is -0.501 e. The smallest absolute Gasteiger partial charge is 0.426 e. The number of nitrogens with zero attached hydrogens (tertiary/aromatic N) is 1. The largest absolute Gasteiger partial charge is 0.501 e. The number of phenols is 1. The van der Waals surface area contributed by atoms with Gasteiger partial charge in [-0.1, -0.05) is 0 Å². The molecular weight excluding hydrogens is 302 g/mol. The van der Waals surface area contributed by atoms with E-state index in [2.05, 4.69) is 15.9 Å². The van der Waals surface area contributed by atoms with E-state index >= 15 is 0 Å². The molecule has 1 N–H and O–H groups in total. The number of hydrogen-bond donors (Lipinski definition) is 1. The molecule has 1 rings (SSSR count). The molecule has 0 radical (unpaired) electrons. The highest BCUT2D eigenvalue weighted by molar-refractivity contribution is 9.10. The zero-order valence-electron chi connectivity index (χ0n) is 7.18. The van der Waals surface area contributed by atoms with E-state index in [1.165, 1.54) is 0 Å². The number of rotatable bonds is 1. The minimum atomic E-state index is -5.26. The van der Waals surface area contributed by atoms with Crippen LogP contribution in [0.2, 0.25) is 0 Å². The molecule has 0 amide bonds. The Kier molecular flexibility index (Phi) is 3.08. The van der Waals surface area contributed by atoms with Crippen molar-refractivity contribution >= 4 is 21.6 Å². The van der Waals surface area contributed by atoms with E-state index in [1.807, 2.05) is 0 Å². The second-order valence-corrected chi connectivity index (χ2v) is 3.52. The average Bonchev–Trinajstić information content (AvgIpc) is 2.07. The Morgan fingerprint density at radius 3 is 2.31 bits per heavy atom. The van der Waals surface area contributed by atoms with Gasteiger partial charge >= 0.3 is 11.9 Å². The first kappa shape index (κ1) is 12.7. The Balaban J connectivity index is 3.72. The van der Waals surface area contributed by atoms with Gasteiger partial charge in [-0.3, -0.25) is 10.1 Å². The lowest BCUT2D eigenvalue weighted by Gasteiger charge is -2.10. The summed E-state index contributed by atoms with van der Waals surface area (Å²) in [7, 11) is 0. The normalized spacial score (nSPS) is 11.6. The van der Waals surface area contributed by atoms with Crippen LogP contribution < -0.4 is 0 Å². The first-order chi connectivity index (χ1) is 7.16. The van der Waals surface area contributed by atoms with Crippen molar-refractivity contribution in [1.29, 1.82) is 0 Å². The monoisotopic (exact) mass is 303 g/mol. The summed E-state index contributed by atoms with van der Waals surface area (Å²) in [4.78, 5) is 8.86. The number of phenolic OH excluding ortho intramolecular Hbond substituents is 1. The van der Waals surface area contributed by atoms with E-state index < -0.39 is 38.4 Å². The van der Waals surface area contributed by atoms with Crippen LogP contribution in [-0.2, 0) is 6.18 Å². The van der Waals surface area contributed by atoms with Gasteiger partial charge in [0, 0.05) is 0 Å². The highest BCUT2D eigenvalue weighted by Crippen LogP contribution is 2.45. The number of hydrogen-bond acceptors (Lipinski definition) is 3. The molecule has 0 bridgehead atoms. The Bertz CT molecular complexity index is 460. The summed E-state index contributed by atoms with van der Waals surface area (Å²) in [5.74, 6) is -3.09. The first-order valence-electron chi connectivity index (χ1n) is 3.58. The number of aromatic hydroxyl groups is 1. The number of nitro benzene ring substituents is 1. The second kappa shape index (κ2) is 3.89. The SMILES string of the molecule is O=[N+]([O-])c1c(O)c(Br)cc(F)c1C(F)(F)F. The highest BCUT2D eigenvalue weighted by atomic mass is 79.9. The number of benzene rings is 1. The molecule has 0 atom stereocenters. The van der Waals surface area contributed by atoms with Crippen molar-refractivity contribution in [3.63, 3.8) is 0 Å². The predicted molar refractivity (Wildman–Crippen MR) is 47.4 cm³/mol. The third-order valence-electron chi connectivity index (χ3n) is 1.65. The molecule has 0 spiro atoms. The van der Waals surface area contributed by atoms with Crippen molar-refractivity contribution in [2.24, 2.45) is 0 Å². The Morgan fingerprint density at radius 2 is 1.94 bits per heavy atom. The van der Waals surface area contributed by atoms with Gasteiger partial charge in [-0.05, 0) is 22.0 Å². The zero-order valence-corrected chi connectivity index (χ0v) is 8.76. The fraction of sp³-hybridized carbons (Fsp3) is 0.143. The maximum absolute atomic E-state index is 13.0. The average molecular weight is 304 g/mol. The maximum Gasteiger partial charge on any atom is 0.426 e. The molecule has 88 valence electrons.